The van der Waals surface area contributed by atoms with Crippen molar-refractivity contribution in [3.8, 4) is 5.75 Å². The van der Waals surface area contributed by atoms with Gasteiger partial charge in [0.25, 0.3) is 5.91 Å². The Bertz CT molecular complexity index is 1970. The maximum absolute atomic E-state index is 13.9. The molecule has 1 spiro atoms. The first kappa shape index (κ1) is 44.8. The Morgan fingerprint density at radius 1 is 1.02 bits per heavy atom. The van der Waals surface area contributed by atoms with Crippen molar-refractivity contribution in [2.45, 2.75) is 93.4 Å². The smallest absolute Gasteiger partial charge is 0.264 e. The molecule has 336 valence electrons. The number of aliphatic hydroxyl groups excluding tert-OH is 1. The predicted molar refractivity (Wildman–Crippen MR) is 240 cm³/mol. The quantitative estimate of drug-likeness (QED) is 0.334. The molecule has 14 heteroatoms. The summed E-state index contributed by atoms with van der Waals surface area (Å²) in [7, 11) is -2.28. The Morgan fingerprint density at radius 2 is 1.87 bits per heavy atom. The number of aryl methyl sites for hydroxylation is 1. The van der Waals surface area contributed by atoms with Crippen LogP contribution in [0.3, 0.4) is 0 Å². The highest BCUT2D eigenvalue weighted by Crippen LogP contribution is 2.49. The van der Waals surface area contributed by atoms with E-state index in [0.717, 1.165) is 102 Å². The standard InChI is InChI=1S/C43H59ClN4O6S.C4H9NO/c1-30-7-5-18-43(53-2,28-46-20-21-47-19-4-3-9-35(47)26-46)37-13-10-33(37)25-48-27-42(17-6-8-31-23-34(44)12-14-36(31)42)29-54-39-15-11-32(24-38(39)48)41(50)45-55(51,52)40(30)16-22-49;1-3-6-4-2-5-1/h5,11-12,14-15,18,23-24,30,33,35,37,40,49H,3-4,6-10,13,16-17,19-22,25-29H2,1-2H3,(H,45,50);5H,1-4H2/b18-5+;/t30-,33-,35+,37+,40+,42-,43-;/m0./s1. The number of sulfonamides is 1. The number of rotatable bonds is 5. The zero-order valence-corrected chi connectivity index (χ0v) is 37.9. The highest BCUT2D eigenvalue weighted by Gasteiger charge is 2.50. The Morgan fingerprint density at radius 3 is 2.61 bits per heavy atom. The number of carbonyl (C=O) groups is 1. The predicted octanol–water partition coefficient (Wildman–Crippen LogP) is 5.41. The lowest BCUT2D eigenvalue weighted by molar-refractivity contribution is -0.100. The number of amides is 1. The summed E-state index contributed by atoms with van der Waals surface area (Å²) in [5, 5.41) is 12.9. The van der Waals surface area contributed by atoms with Crippen molar-refractivity contribution < 1.29 is 32.5 Å². The molecule has 0 unspecified atom stereocenters. The van der Waals surface area contributed by atoms with Crippen LogP contribution in [0.2, 0.25) is 5.02 Å². The van der Waals surface area contributed by atoms with Gasteiger partial charge in [0.1, 0.15) is 11.4 Å². The number of methoxy groups -OCH3 is 1. The van der Waals surface area contributed by atoms with Gasteiger partial charge in [-0.05, 0) is 124 Å². The number of allylic oxidation sites excluding steroid dienone is 1. The maximum atomic E-state index is 13.9. The summed E-state index contributed by atoms with van der Waals surface area (Å²) < 4.78 is 48.7. The van der Waals surface area contributed by atoms with E-state index in [0.29, 0.717) is 37.3 Å². The average Bonchev–Trinajstić information content (AvgIpc) is 3.40. The van der Waals surface area contributed by atoms with Crippen molar-refractivity contribution >= 4 is 33.2 Å². The molecule has 3 saturated heterocycles. The molecule has 5 aliphatic heterocycles. The molecule has 7 aliphatic rings. The van der Waals surface area contributed by atoms with E-state index in [9.17, 15) is 18.3 Å². The number of fused-ring (bicyclic) bond motifs is 5. The van der Waals surface area contributed by atoms with Gasteiger partial charge in [-0.1, -0.05) is 43.2 Å². The molecule has 7 atom stereocenters. The molecule has 2 bridgehead atoms. The molecule has 2 aromatic rings. The van der Waals surface area contributed by atoms with E-state index in [-0.39, 0.29) is 35.8 Å². The minimum Gasteiger partial charge on any atom is -0.490 e. The monoisotopic (exact) mass is 881 g/mol. The summed E-state index contributed by atoms with van der Waals surface area (Å²) >= 11 is 6.52. The topological polar surface area (TPSA) is 133 Å². The first-order valence-corrected chi connectivity index (χ1v) is 24.9. The van der Waals surface area contributed by atoms with E-state index < -0.39 is 26.8 Å². The van der Waals surface area contributed by atoms with Crippen LogP contribution in [-0.2, 0) is 31.3 Å². The minimum atomic E-state index is -4.13. The largest absolute Gasteiger partial charge is 0.490 e. The van der Waals surface area contributed by atoms with Crippen molar-refractivity contribution in [2.75, 3.05) is 97.3 Å². The molecule has 9 rings (SSSR count). The van der Waals surface area contributed by atoms with Gasteiger partial charge in [0, 0.05) is 88.1 Å². The van der Waals surface area contributed by atoms with Crippen LogP contribution in [0.1, 0.15) is 86.2 Å². The molecular formula is C47H68ClN5O7S. The lowest BCUT2D eigenvalue weighted by Gasteiger charge is -2.53. The van der Waals surface area contributed by atoms with Gasteiger partial charge in [0.05, 0.1) is 30.8 Å². The second-order valence-corrected chi connectivity index (χ2v) is 21.2. The normalized spacial score (nSPS) is 33.5. The van der Waals surface area contributed by atoms with Gasteiger partial charge in [0.15, 0.2) is 0 Å². The summed E-state index contributed by atoms with van der Waals surface area (Å²) in [5.41, 5.74) is 2.78. The Hall–Kier alpha value is -2.75. The van der Waals surface area contributed by atoms with E-state index in [1.54, 1.807) is 6.07 Å². The number of nitrogens with one attached hydrogen (secondary N) is 2. The summed E-state index contributed by atoms with van der Waals surface area (Å²) in [5.74, 6) is 0.243. The van der Waals surface area contributed by atoms with E-state index in [2.05, 4.69) is 49.0 Å². The number of hydrogen-bond acceptors (Lipinski definition) is 11. The highest BCUT2D eigenvalue weighted by atomic mass is 35.5. The van der Waals surface area contributed by atoms with Gasteiger partial charge in [-0.2, -0.15) is 0 Å². The number of morpholine rings is 1. The first-order chi connectivity index (χ1) is 29.5. The fourth-order valence-corrected chi connectivity index (χ4v) is 13.4. The summed E-state index contributed by atoms with van der Waals surface area (Å²) in [6.07, 6.45) is 13.8. The number of halogens is 1. The molecule has 2 aromatic carbocycles. The van der Waals surface area contributed by atoms with Crippen LogP contribution in [0.5, 0.6) is 5.75 Å². The zero-order valence-electron chi connectivity index (χ0n) is 36.3. The number of hydrogen-bond donors (Lipinski definition) is 3. The Labute approximate surface area is 368 Å². The summed E-state index contributed by atoms with van der Waals surface area (Å²) in [6.45, 7) is 12.5. The van der Waals surface area contributed by atoms with Crippen molar-refractivity contribution in [3.63, 3.8) is 0 Å². The summed E-state index contributed by atoms with van der Waals surface area (Å²) in [6, 6.07) is 12.2. The molecule has 2 aliphatic carbocycles. The van der Waals surface area contributed by atoms with Gasteiger partial charge in [-0.3, -0.25) is 14.6 Å². The molecule has 3 N–H and O–H groups in total. The van der Waals surface area contributed by atoms with Crippen molar-refractivity contribution in [3.05, 3.63) is 70.3 Å². The number of carbonyl (C=O) groups excluding carboxylic acids is 1. The van der Waals surface area contributed by atoms with Crippen LogP contribution in [-0.4, -0.2) is 139 Å². The molecule has 0 aromatic heterocycles. The highest BCUT2D eigenvalue weighted by molar-refractivity contribution is 7.90. The van der Waals surface area contributed by atoms with E-state index in [1.807, 2.05) is 32.2 Å². The third kappa shape index (κ3) is 9.84. The number of piperidine rings is 1. The molecule has 12 nitrogen and oxygen atoms in total. The number of piperazine rings is 1. The average molecular weight is 883 g/mol. The van der Waals surface area contributed by atoms with E-state index in [1.165, 1.54) is 36.9 Å². The van der Waals surface area contributed by atoms with Crippen LogP contribution < -0.4 is 19.7 Å². The van der Waals surface area contributed by atoms with E-state index >= 15 is 0 Å². The van der Waals surface area contributed by atoms with Crippen LogP contribution in [0.25, 0.3) is 0 Å². The third-order valence-corrected chi connectivity index (χ3v) is 17.2. The van der Waals surface area contributed by atoms with Crippen LogP contribution in [0, 0.1) is 17.8 Å². The first-order valence-electron chi connectivity index (χ1n) is 23.0. The lowest BCUT2D eigenvalue weighted by atomic mass is 9.63. The third-order valence-electron chi connectivity index (χ3n) is 15.0. The minimum absolute atomic E-state index is 0.0317. The van der Waals surface area contributed by atoms with Crippen molar-refractivity contribution in [1.82, 2.24) is 19.8 Å². The maximum Gasteiger partial charge on any atom is 0.264 e. The molecule has 1 amide bonds. The fourth-order valence-electron chi connectivity index (χ4n) is 11.5. The number of ether oxygens (including phenoxy) is 3. The number of nitrogens with zero attached hydrogens (tertiary/aromatic N) is 3. The number of benzene rings is 2. The molecule has 4 fully saturated rings. The summed E-state index contributed by atoms with van der Waals surface area (Å²) in [4.78, 5) is 21.5. The molecule has 5 heterocycles. The SMILES string of the molecule is C1COCCN1.CO[C@]1(CN2CCN3CCCC[C@@H]3C2)/C=C/C[C@H](C)[C@@H](CCO)S(=O)(=O)NC(=O)c2ccc3c(c2)N(C[C@@H]2CC[C@H]21)C[C@@]1(CCCc2cc(Cl)ccc21)CO3. The van der Waals surface area contributed by atoms with Gasteiger partial charge in [-0.25, -0.2) is 13.1 Å². The van der Waals surface area contributed by atoms with Crippen LogP contribution in [0.15, 0.2) is 48.6 Å². The van der Waals surface area contributed by atoms with Gasteiger partial charge in [-0.15, -0.1) is 0 Å². The van der Waals surface area contributed by atoms with Crippen LogP contribution >= 0.6 is 11.6 Å². The molecule has 1 saturated carbocycles. The van der Waals surface area contributed by atoms with Crippen LogP contribution in [0.4, 0.5) is 5.69 Å². The Kier molecular flexibility index (Phi) is 14.4. The zero-order chi connectivity index (χ0) is 42.6. The lowest BCUT2D eigenvalue weighted by Crippen LogP contribution is -2.61. The van der Waals surface area contributed by atoms with Gasteiger partial charge < -0.3 is 29.5 Å². The van der Waals surface area contributed by atoms with Crippen molar-refractivity contribution in [1.29, 1.82) is 0 Å². The van der Waals surface area contributed by atoms with Gasteiger partial charge >= 0.3 is 0 Å². The molecule has 0 radical (unpaired) electrons. The van der Waals surface area contributed by atoms with Gasteiger partial charge in [0.2, 0.25) is 10.0 Å². The second kappa shape index (κ2) is 19.6. The van der Waals surface area contributed by atoms with Crippen molar-refractivity contribution in [2.24, 2.45) is 17.8 Å². The number of aliphatic hydroxyl groups is 1. The Balaban J connectivity index is 0.000000789. The molecule has 61 heavy (non-hydrogen) atoms. The molecular weight excluding hydrogens is 814 g/mol. The second-order valence-electron chi connectivity index (χ2n) is 18.8. The fraction of sp³-hybridized carbons (Fsp3) is 0.681. The number of anilines is 1. The van der Waals surface area contributed by atoms with E-state index in [4.69, 9.17) is 25.8 Å².